The normalized spacial score (nSPS) is 14.8. The topological polar surface area (TPSA) is 89.7 Å². The summed E-state index contributed by atoms with van der Waals surface area (Å²) in [5.41, 5.74) is 4.54. The minimum atomic E-state index is -0.120. The van der Waals surface area contributed by atoms with Gasteiger partial charge in [0, 0.05) is 42.4 Å². The Kier molecular flexibility index (Phi) is 6.36. The number of nitrogens with zero attached hydrogens (tertiary/aromatic N) is 7. The quantitative estimate of drug-likeness (QED) is 0.344. The fraction of sp³-hybridized carbons (Fsp3) is 0.481. The number of amides is 1. The molecule has 1 fully saturated rings. The lowest BCUT2D eigenvalue weighted by Gasteiger charge is -2.20. The molecule has 0 unspecified atom stereocenters. The number of likely N-dealkylation sites (N-methyl/N-ethyl adjacent to an activating group) is 1. The van der Waals surface area contributed by atoms with E-state index in [1.807, 2.05) is 19.2 Å². The van der Waals surface area contributed by atoms with Crippen LogP contribution in [0.1, 0.15) is 63.5 Å². The van der Waals surface area contributed by atoms with E-state index in [0.717, 1.165) is 51.9 Å². The molecule has 36 heavy (non-hydrogen) atoms. The standard InChI is InChI=1S/C27H33N7OS/c1-26(2,3)25-31-19(14-21(32-25)27(4)10-11-27)20-16-36-22(30-20)9-7-13-33(5)23(35)15-34-17-29-18-8-6-12-28-24(18)34/h6,8,12,14,16-17H,7,9-11,13,15H2,1-5H3. The number of carbonyl (C=O) groups excluding carboxylic acids is 1. The van der Waals surface area contributed by atoms with Gasteiger partial charge in [-0.15, -0.1) is 11.3 Å². The molecule has 0 saturated heterocycles. The zero-order valence-electron chi connectivity index (χ0n) is 21.7. The first-order valence-corrected chi connectivity index (χ1v) is 13.3. The molecule has 5 rings (SSSR count). The summed E-state index contributed by atoms with van der Waals surface area (Å²) < 4.78 is 1.80. The summed E-state index contributed by atoms with van der Waals surface area (Å²) in [7, 11) is 1.84. The Morgan fingerprint density at radius 2 is 1.97 bits per heavy atom. The molecule has 1 amide bonds. The van der Waals surface area contributed by atoms with Gasteiger partial charge in [0.2, 0.25) is 5.91 Å². The molecular formula is C27H33N7OS. The molecule has 0 N–H and O–H groups in total. The van der Waals surface area contributed by atoms with E-state index < -0.39 is 0 Å². The second kappa shape index (κ2) is 9.35. The average Bonchev–Trinajstić information content (AvgIpc) is 3.25. The highest BCUT2D eigenvalue weighted by Gasteiger charge is 2.41. The van der Waals surface area contributed by atoms with E-state index in [-0.39, 0.29) is 23.3 Å². The van der Waals surface area contributed by atoms with Crippen LogP contribution in [0.15, 0.2) is 36.1 Å². The number of imidazole rings is 1. The van der Waals surface area contributed by atoms with Gasteiger partial charge >= 0.3 is 0 Å². The summed E-state index contributed by atoms with van der Waals surface area (Å²) in [4.78, 5) is 37.9. The van der Waals surface area contributed by atoms with Crippen LogP contribution >= 0.6 is 11.3 Å². The van der Waals surface area contributed by atoms with Gasteiger partial charge in [-0.1, -0.05) is 27.7 Å². The van der Waals surface area contributed by atoms with Gasteiger partial charge in [-0.25, -0.2) is 24.9 Å². The van der Waals surface area contributed by atoms with Gasteiger partial charge < -0.3 is 9.47 Å². The number of aromatic nitrogens is 6. The Morgan fingerprint density at radius 3 is 2.72 bits per heavy atom. The van der Waals surface area contributed by atoms with Crippen LogP contribution < -0.4 is 0 Å². The van der Waals surface area contributed by atoms with Gasteiger partial charge in [0.1, 0.15) is 17.9 Å². The number of aryl methyl sites for hydroxylation is 1. The number of rotatable bonds is 8. The molecule has 4 aromatic heterocycles. The molecule has 1 aliphatic rings. The highest BCUT2D eigenvalue weighted by atomic mass is 32.1. The molecule has 9 heteroatoms. The number of thiazole rings is 1. The lowest BCUT2D eigenvalue weighted by atomic mass is 9.94. The van der Waals surface area contributed by atoms with Crippen molar-refractivity contribution < 1.29 is 4.79 Å². The van der Waals surface area contributed by atoms with Crippen LogP contribution in [0.2, 0.25) is 0 Å². The maximum atomic E-state index is 12.7. The van der Waals surface area contributed by atoms with Gasteiger partial charge in [0.25, 0.3) is 0 Å². The molecule has 0 radical (unpaired) electrons. The van der Waals surface area contributed by atoms with Crippen LogP contribution in [-0.2, 0) is 28.6 Å². The summed E-state index contributed by atoms with van der Waals surface area (Å²) in [6, 6.07) is 5.87. The summed E-state index contributed by atoms with van der Waals surface area (Å²) >= 11 is 1.66. The average molecular weight is 504 g/mol. The Balaban J connectivity index is 1.21. The van der Waals surface area contributed by atoms with Gasteiger partial charge in [-0.2, -0.15) is 0 Å². The van der Waals surface area contributed by atoms with Crippen LogP contribution in [0.4, 0.5) is 0 Å². The summed E-state index contributed by atoms with van der Waals surface area (Å²) in [5, 5.41) is 3.15. The number of fused-ring (bicyclic) bond motifs is 1. The first kappa shape index (κ1) is 24.5. The molecular weight excluding hydrogens is 470 g/mol. The number of hydrogen-bond acceptors (Lipinski definition) is 7. The molecule has 0 bridgehead atoms. The molecule has 188 valence electrons. The molecule has 0 aliphatic heterocycles. The van der Waals surface area contributed by atoms with Crippen molar-refractivity contribution in [1.82, 2.24) is 34.4 Å². The predicted molar refractivity (Wildman–Crippen MR) is 142 cm³/mol. The highest BCUT2D eigenvalue weighted by Crippen LogP contribution is 2.47. The lowest BCUT2D eigenvalue weighted by molar-refractivity contribution is -0.130. The summed E-state index contributed by atoms with van der Waals surface area (Å²) in [6.07, 6.45) is 7.41. The molecule has 4 heterocycles. The minimum absolute atomic E-state index is 0.0385. The van der Waals surface area contributed by atoms with Crippen molar-refractivity contribution in [2.45, 2.75) is 70.8 Å². The van der Waals surface area contributed by atoms with E-state index in [1.165, 1.54) is 12.8 Å². The zero-order valence-corrected chi connectivity index (χ0v) is 22.5. The van der Waals surface area contributed by atoms with Crippen molar-refractivity contribution in [3.05, 3.63) is 52.6 Å². The lowest BCUT2D eigenvalue weighted by Crippen LogP contribution is -2.31. The summed E-state index contributed by atoms with van der Waals surface area (Å²) in [5.74, 6) is 0.912. The van der Waals surface area contributed by atoms with E-state index in [2.05, 4.69) is 49.1 Å². The van der Waals surface area contributed by atoms with Gasteiger partial charge in [-0.3, -0.25) is 4.79 Å². The van der Waals surface area contributed by atoms with Crippen molar-refractivity contribution in [2.75, 3.05) is 13.6 Å². The Labute approximate surface area is 215 Å². The molecule has 1 saturated carbocycles. The van der Waals surface area contributed by atoms with Crippen molar-refractivity contribution in [3.63, 3.8) is 0 Å². The SMILES string of the molecule is CN(CCCc1nc(-c2cc(C3(C)CC3)nc(C(C)(C)C)n2)cs1)C(=O)Cn1cnc2cccnc21. The first-order valence-electron chi connectivity index (χ1n) is 12.5. The third-order valence-electron chi connectivity index (χ3n) is 6.82. The van der Waals surface area contributed by atoms with E-state index >= 15 is 0 Å². The molecule has 0 atom stereocenters. The molecule has 8 nitrogen and oxygen atoms in total. The van der Waals surface area contributed by atoms with E-state index in [0.29, 0.717) is 6.54 Å². The van der Waals surface area contributed by atoms with Crippen molar-refractivity contribution in [2.24, 2.45) is 0 Å². The van der Waals surface area contributed by atoms with Gasteiger partial charge in [0.05, 0.1) is 28.4 Å². The highest BCUT2D eigenvalue weighted by molar-refractivity contribution is 7.09. The Morgan fingerprint density at radius 1 is 1.17 bits per heavy atom. The Hall–Kier alpha value is -3.20. The second-order valence-electron chi connectivity index (χ2n) is 11.0. The third-order valence-corrected chi connectivity index (χ3v) is 7.73. The largest absolute Gasteiger partial charge is 0.344 e. The van der Waals surface area contributed by atoms with E-state index in [4.69, 9.17) is 15.0 Å². The van der Waals surface area contributed by atoms with Gasteiger partial charge in [-0.05, 0) is 37.5 Å². The molecule has 4 aromatic rings. The molecule has 1 aliphatic carbocycles. The maximum Gasteiger partial charge on any atom is 0.242 e. The molecule has 0 aromatic carbocycles. The van der Waals surface area contributed by atoms with Crippen LogP contribution in [0, 0.1) is 0 Å². The second-order valence-corrected chi connectivity index (χ2v) is 12.0. The van der Waals surface area contributed by atoms with E-state index in [1.54, 1.807) is 33.3 Å². The van der Waals surface area contributed by atoms with Crippen molar-refractivity contribution >= 4 is 28.4 Å². The van der Waals surface area contributed by atoms with Crippen LogP contribution in [0.5, 0.6) is 0 Å². The minimum Gasteiger partial charge on any atom is -0.344 e. The maximum absolute atomic E-state index is 12.7. The van der Waals surface area contributed by atoms with Gasteiger partial charge in [0.15, 0.2) is 5.65 Å². The molecule has 0 spiro atoms. The number of carbonyl (C=O) groups is 1. The predicted octanol–water partition coefficient (Wildman–Crippen LogP) is 4.79. The van der Waals surface area contributed by atoms with Crippen molar-refractivity contribution in [1.29, 1.82) is 0 Å². The van der Waals surface area contributed by atoms with Crippen molar-refractivity contribution in [3.8, 4) is 11.4 Å². The Bertz CT molecular complexity index is 1370. The fourth-order valence-electron chi connectivity index (χ4n) is 4.08. The summed E-state index contributed by atoms with van der Waals surface area (Å²) in [6.45, 7) is 9.64. The smallest absolute Gasteiger partial charge is 0.242 e. The van der Waals surface area contributed by atoms with E-state index in [9.17, 15) is 4.79 Å². The third kappa shape index (κ3) is 5.16. The number of pyridine rings is 1. The first-order chi connectivity index (χ1) is 17.1. The van der Waals surface area contributed by atoms with Crippen LogP contribution in [0.25, 0.3) is 22.6 Å². The van der Waals surface area contributed by atoms with Crippen LogP contribution in [-0.4, -0.2) is 53.9 Å². The number of hydrogen-bond donors (Lipinski definition) is 0. The fourth-order valence-corrected chi connectivity index (χ4v) is 4.92. The monoisotopic (exact) mass is 503 g/mol. The van der Waals surface area contributed by atoms with Crippen LogP contribution in [0.3, 0.4) is 0 Å². The zero-order chi connectivity index (χ0) is 25.5.